The highest BCUT2D eigenvalue weighted by molar-refractivity contribution is 5.85. The minimum absolute atomic E-state index is 0.0709. The molecule has 0 aliphatic carbocycles. The highest BCUT2D eigenvalue weighted by Crippen LogP contribution is 2.41. The molecule has 1 atom stereocenters. The summed E-state index contributed by atoms with van der Waals surface area (Å²) >= 11 is 0. The maximum Gasteiger partial charge on any atom is 0.309 e. The number of halogens is 4. The zero-order chi connectivity index (χ0) is 28.2. The fraction of sp³-hybridized carbons (Fsp3) is 0.379. The van der Waals surface area contributed by atoms with Crippen LogP contribution < -0.4 is 4.74 Å². The number of hydrogen-bond acceptors (Lipinski definition) is 5. The number of pyridine rings is 1. The van der Waals surface area contributed by atoms with Crippen LogP contribution in [-0.2, 0) is 11.4 Å². The summed E-state index contributed by atoms with van der Waals surface area (Å²) in [5.74, 6) is 1.33. The van der Waals surface area contributed by atoms with E-state index in [1.165, 1.54) is 13.3 Å². The summed E-state index contributed by atoms with van der Waals surface area (Å²) in [7, 11) is 1.49. The average molecular weight is 545 g/mol. The number of carbonyl (C=O) groups is 1. The van der Waals surface area contributed by atoms with Crippen LogP contribution >= 0.6 is 0 Å². The summed E-state index contributed by atoms with van der Waals surface area (Å²) in [4.78, 5) is 18.4. The molecule has 10 heteroatoms. The predicted molar refractivity (Wildman–Crippen MR) is 136 cm³/mol. The number of rotatable bonds is 8. The van der Waals surface area contributed by atoms with Crippen molar-refractivity contribution in [2.45, 2.75) is 38.5 Å². The zero-order valence-electron chi connectivity index (χ0n) is 21.3. The van der Waals surface area contributed by atoms with Crippen LogP contribution in [0.4, 0.5) is 17.6 Å². The van der Waals surface area contributed by atoms with Crippen molar-refractivity contribution in [2.75, 3.05) is 26.7 Å². The van der Waals surface area contributed by atoms with Crippen molar-refractivity contribution < 1.29 is 37.3 Å². The Kier molecular flexibility index (Phi) is 8.73. The largest absolute Gasteiger partial charge is 0.497 e. The third kappa shape index (κ3) is 6.15. The number of hydrogen-bond donors (Lipinski definition) is 2. The highest BCUT2D eigenvalue weighted by Gasteiger charge is 2.41. The summed E-state index contributed by atoms with van der Waals surface area (Å²) in [6.07, 6.45) is 0.381. The number of aliphatic carboxylic acids is 1. The average Bonchev–Trinajstić information content (AvgIpc) is 2.92. The van der Waals surface area contributed by atoms with Gasteiger partial charge in [0.25, 0.3) is 0 Å². The first-order valence-corrected chi connectivity index (χ1v) is 12.5. The van der Waals surface area contributed by atoms with Gasteiger partial charge in [-0.2, -0.15) is 0 Å². The van der Waals surface area contributed by atoms with Gasteiger partial charge in [-0.05, 0) is 43.9 Å². The Balaban J connectivity index is 1.44. The van der Waals surface area contributed by atoms with Crippen LogP contribution in [0.5, 0.6) is 5.75 Å². The van der Waals surface area contributed by atoms with Crippen molar-refractivity contribution in [1.82, 2.24) is 9.88 Å². The van der Waals surface area contributed by atoms with E-state index in [1.807, 2.05) is 4.90 Å². The normalized spacial score (nSPS) is 15.9. The quantitative estimate of drug-likeness (QED) is 0.301. The summed E-state index contributed by atoms with van der Waals surface area (Å²) < 4.78 is 61.7. The maximum absolute atomic E-state index is 15.7. The fourth-order valence-electron chi connectivity index (χ4n) is 5.01. The lowest BCUT2D eigenvalue weighted by Crippen LogP contribution is -2.44. The van der Waals surface area contributed by atoms with Gasteiger partial charge in [0, 0.05) is 47.9 Å². The first-order chi connectivity index (χ1) is 18.7. The molecule has 206 valence electrons. The Morgan fingerprint density at radius 1 is 1.18 bits per heavy atom. The minimum Gasteiger partial charge on any atom is -0.497 e. The van der Waals surface area contributed by atoms with E-state index < -0.39 is 47.2 Å². The maximum atomic E-state index is 15.7. The van der Waals surface area contributed by atoms with Gasteiger partial charge in [0.2, 0.25) is 0 Å². The number of aromatic nitrogens is 1. The molecule has 0 unspecified atom stereocenters. The molecule has 0 bridgehead atoms. The molecule has 1 aliphatic heterocycles. The third-order valence-electron chi connectivity index (χ3n) is 7.35. The lowest BCUT2D eigenvalue weighted by Gasteiger charge is -2.38. The molecule has 1 aliphatic rings. The van der Waals surface area contributed by atoms with E-state index >= 15 is 4.39 Å². The molecule has 0 radical (unpaired) electrons. The van der Waals surface area contributed by atoms with E-state index in [0.29, 0.717) is 47.4 Å². The number of methoxy groups -OCH3 is 1. The summed E-state index contributed by atoms with van der Waals surface area (Å²) in [6.45, 7) is 0.428. The summed E-state index contributed by atoms with van der Waals surface area (Å²) in [6, 6.07) is 6.17. The number of alkyl halides is 1. The van der Waals surface area contributed by atoms with Gasteiger partial charge in [-0.15, -0.1) is 0 Å². The number of ether oxygens (including phenoxy) is 1. The number of fused-ring (bicyclic) bond motifs is 1. The fourth-order valence-corrected chi connectivity index (χ4v) is 5.01. The van der Waals surface area contributed by atoms with Gasteiger partial charge in [0.05, 0.1) is 36.8 Å². The molecule has 1 saturated heterocycles. The molecule has 0 spiro atoms. The zero-order valence-corrected chi connectivity index (χ0v) is 21.3. The molecule has 4 rings (SSSR count). The predicted octanol–water partition coefficient (Wildman–Crippen LogP) is 5.16. The first kappa shape index (κ1) is 28.3. The number of carboxylic acids is 1. The standard InChI is InChI=1S/C29H28F4N2O4/c1-39-20-4-5-26-22(15-20)27(18(17-36)16-34-26)23(31)6-7-29(28(37)38)8-11-35(12-9-29)10-2-3-21-24(32)13-19(30)14-25(21)33/h4-5,13-16,23,36H,6-12,17H2,1H3,(H,37,38)/t23-/m0/s1. The van der Waals surface area contributed by atoms with Crippen LogP contribution in [0.2, 0.25) is 0 Å². The lowest BCUT2D eigenvalue weighted by molar-refractivity contribution is -0.152. The van der Waals surface area contributed by atoms with Crippen LogP contribution in [-0.4, -0.2) is 52.8 Å². The van der Waals surface area contributed by atoms with Crippen molar-refractivity contribution in [1.29, 1.82) is 0 Å². The van der Waals surface area contributed by atoms with Crippen molar-refractivity contribution in [3.8, 4) is 17.6 Å². The van der Waals surface area contributed by atoms with Crippen molar-refractivity contribution in [3.63, 3.8) is 0 Å². The Hall–Kier alpha value is -3.68. The summed E-state index contributed by atoms with van der Waals surface area (Å²) in [5.41, 5.74) is -0.535. The number of nitrogens with zero attached hydrogens (tertiary/aromatic N) is 2. The lowest BCUT2D eigenvalue weighted by atomic mass is 9.74. The van der Waals surface area contributed by atoms with Crippen molar-refractivity contribution in [3.05, 3.63) is 70.7 Å². The molecule has 39 heavy (non-hydrogen) atoms. The van der Waals surface area contributed by atoms with Crippen LogP contribution in [0, 0.1) is 34.7 Å². The molecule has 2 N–H and O–H groups in total. The molecule has 0 amide bonds. The van der Waals surface area contributed by atoms with E-state index in [2.05, 4.69) is 16.8 Å². The number of aliphatic hydroxyl groups excluding tert-OH is 1. The van der Waals surface area contributed by atoms with Gasteiger partial charge in [-0.3, -0.25) is 14.7 Å². The Labute approximate surface area is 223 Å². The molecule has 1 aromatic heterocycles. The van der Waals surface area contributed by atoms with E-state index in [-0.39, 0.29) is 37.8 Å². The van der Waals surface area contributed by atoms with E-state index in [0.717, 1.165) is 0 Å². The second kappa shape index (κ2) is 12.0. The SMILES string of the molecule is COc1ccc2ncc(CO)c([C@@H](F)CCC3(C(=O)O)CCN(CC#Cc4c(F)cc(F)cc4F)CC3)c2c1. The smallest absolute Gasteiger partial charge is 0.309 e. The van der Waals surface area contributed by atoms with Crippen LogP contribution in [0.3, 0.4) is 0 Å². The number of likely N-dealkylation sites (tertiary alicyclic amines) is 1. The molecule has 6 nitrogen and oxygen atoms in total. The number of benzene rings is 2. The second-order valence-corrected chi connectivity index (χ2v) is 9.65. The highest BCUT2D eigenvalue weighted by atomic mass is 19.1. The first-order valence-electron chi connectivity index (χ1n) is 12.5. The second-order valence-electron chi connectivity index (χ2n) is 9.65. The van der Waals surface area contributed by atoms with Gasteiger partial charge in [-0.1, -0.05) is 11.8 Å². The van der Waals surface area contributed by atoms with Gasteiger partial charge in [-0.25, -0.2) is 17.6 Å². The minimum atomic E-state index is -1.54. The summed E-state index contributed by atoms with van der Waals surface area (Å²) in [5, 5.41) is 20.4. The van der Waals surface area contributed by atoms with E-state index in [9.17, 15) is 28.2 Å². The molecular formula is C29H28F4N2O4. The topological polar surface area (TPSA) is 82.9 Å². The third-order valence-corrected chi connectivity index (χ3v) is 7.35. The monoisotopic (exact) mass is 544 g/mol. The van der Waals surface area contributed by atoms with Crippen LogP contribution in [0.15, 0.2) is 36.5 Å². The number of aliphatic hydroxyl groups is 1. The molecule has 2 aromatic carbocycles. The Morgan fingerprint density at radius 3 is 2.49 bits per heavy atom. The van der Waals surface area contributed by atoms with Crippen LogP contribution in [0.1, 0.15) is 48.5 Å². The van der Waals surface area contributed by atoms with E-state index in [4.69, 9.17) is 4.74 Å². The number of carboxylic acid groups (broad SMARTS) is 1. The Morgan fingerprint density at radius 2 is 1.87 bits per heavy atom. The number of piperidine rings is 1. The van der Waals surface area contributed by atoms with Crippen molar-refractivity contribution in [2.24, 2.45) is 5.41 Å². The van der Waals surface area contributed by atoms with Gasteiger partial charge in [0.1, 0.15) is 29.4 Å². The molecule has 3 aromatic rings. The van der Waals surface area contributed by atoms with E-state index in [1.54, 1.807) is 18.2 Å². The van der Waals surface area contributed by atoms with Crippen LogP contribution in [0.25, 0.3) is 10.9 Å². The van der Waals surface area contributed by atoms with Crippen molar-refractivity contribution >= 4 is 16.9 Å². The Bertz CT molecular complexity index is 1400. The van der Waals surface area contributed by atoms with Gasteiger partial charge < -0.3 is 14.9 Å². The molecule has 2 heterocycles. The molecule has 0 saturated carbocycles. The van der Waals surface area contributed by atoms with Gasteiger partial charge >= 0.3 is 5.97 Å². The molecular weight excluding hydrogens is 516 g/mol. The molecule has 1 fully saturated rings. The van der Waals surface area contributed by atoms with Gasteiger partial charge in [0.15, 0.2) is 0 Å².